The summed E-state index contributed by atoms with van der Waals surface area (Å²) < 4.78 is 0. The molecule has 1 amide bonds. The first-order valence-electron chi connectivity index (χ1n) is 7.06. The van der Waals surface area contributed by atoms with Crippen molar-refractivity contribution >= 4 is 23.4 Å². The lowest BCUT2D eigenvalue weighted by atomic mass is 9.95. The summed E-state index contributed by atoms with van der Waals surface area (Å²) in [4.78, 5) is 16.9. The highest BCUT2D eigenvalue weighted by Gasteiger charge is 2.33. The Morgan fingerprint density at radius 2 is 2.20 bits per heavy atom. The van der Waals surface area contributed by atoms with Crippen molar-refractivity contribution in [3.8, 4) is 0 Å². The number of anilines is 1. The first-order valence-corrected chi connectivity index (χ1v) is 8.22. The zero-order chi connectivity index (χ0) is 14.1. The van der Waals surface area contributed by atoms with Crippen LogP contribution >= 0.6 is 11.8 Å². The van der Waals surface area contributed by atoms with Crippen LogP contribution < -0.4 is 10.2 Å². The van der Waals surface area contributed by atoms with E-state index in [1.54, 1.807) is 11.8 Å². The van der Waals surface area contributed by atoms with Crippen molar-refractivity contribution in [1.29, 1.82) is 0 Å². The minimum absolute atomic E-state index is 0.0241. The van der Waals surface area contributed by atoms with Gasteiger partial charge in [0, 0.05) is 29.9 Å². The topological polar surface area (TPSA) is 35.6 Å². The van der Waals surface area contributed by atoms with Crippen LogP contribution in [0.3, 0.4) is 0 Å². The highest BCUT2D eigenvalue weighted by atomic mass is 32.2. The van der Waals surface area contributed by atoms with Gasteiger partial charge >= 0.3 is 0 Å². The van der Waals surface area contributed by atoms with E-state index in [1.807, 2.05) is 11.0 Å². The molecule has 1 fully saturated rings. The summed E-state index contributed by atoms with van der Waals surface area (Å²) in [6, 6.07) is 8.69. The number of benzene rings is 1. The maximum absolute atomic E-state index is 12.7. The molecule has 2 aliphatic heterocycles. The van der Waals surface area contributed by atoms with Gasteiger partial charge in [-0.05, 0) is 32.1 Å². The van der Waals surface area contributed by atoms with Gasteiger partial charge in [0.2, 0.25) is 5.91 Å². The number of hydrogen-bond acceptors (Lipinski definition) is 4. The van der Waals surface area contributed by atoms with Gasteiger partial charge in [-0.3, -0.25) is 10.1 Å². The van der Waals surface area contributed by atoms with Gasteiger partial charge in [-0.2, -0.15) is 0 Å². The molecule has 3 rings (SSSR count). The van der Waals surface area contributed by atoms with Crippen molar-refractivity contribution in [2.45, 2.75) is 18.5 Å². The number of amides is 1. The Bertz CT molecular complexity index is 500. The average Bonchev–Trinajstić information content (AvgIpc) is 2.99. The lowest BCUT2D eigenvalue weighted by Gasteiger charge is -2.38. The first-order chi connectivity index (χ1) is 9.68. The van der Waals surface area contributed by atoms with Crippen molar-refractivity contribution in [3.05, 3.63) is 29.8 Å². The molecule has 20 heavy (non-hydrogen) atoms. The molecule has 5 heteroatoms. The summed E-state index contributed by atoms with van der Waals surface area (Å²) in [5.41, 5.74) is 2.35. The van der Waals surface area contributed by atoms with Gasteiger partial charge < -0.3 is 9.80 Å². The van der Waals surface area contributed by atoms with Crippen LogP contribution in [0.2, 0.25) is 0 Å². The Morgan fingerprint density at radius 1 is 1.40 bits per heavy atom. The van der Waals surface area contributed by atoms with E-state index in [9.17, 15) is 4.79 Å². The smallest absolute Gasteiger partial charge is 0.245 e. The largest absolute Gasteiger partial charge is 0.311 e. The van der Waals surface area contributed by atoms with Crippen molar-refractivity contribution in [1.82, 2.24) is 10.2 Å². The quantitative estimate of drug-likeness (QED) is 0.899. The zero-order valence-electron chi connectivity index (χ0n) is 12.0. The van der Waals surface area contributed by atoms with Crippen LogP contribution in [-0.2, 0) is 4.79 Å². The molecular weight excluding hydrogens is 270 g/mol. The molecule has 0 saturated carbocycles. The summed E-state index contributed by atoms with van der Waals surface area (Å²) in [5, 5.41) is 3.28. The van der Waals surface area contributed by atoms with Gasteiger partial charge in [-0.1, -0.05) is 18.2 Å². The Labute approximate surface area is 124 Å². The molecule has 0 aromatic heterocycles. The summed E-state index contributed by atoms with van der Waals surface area (Å²) in [6.45, 7) is 0.807. The molecule has 4 nitrogen and oxygen atoms in total. The molecule has 0 radical (unpaired) electrons. The van der Waals surface area contributed by atoms with Crippen LogP contribution in [0.25, 0.3) is 0 Å². The Balaban J connectivity index is 1.90. The maximum atomic E-state index is 12.7. The molecule has 0 spiro atoms. The van der Waals surface area contributed by atoms with E-state index in [0.717, 1.165) is 30.3 Å². The number of rotatable bonds is 2. The second kappa shape index (κ2) is 5.76. The molecule has 2 aliphatic rings. The fraction of sp³-hybridized carbons (Fsp3) is 0.533. The fourth-order valence-electron chi connectivity index (χ4n) is 3.05. The number of thioether (sulfide) groups is 1. The third kappa shape index (κ3) is 2.45. The highest BCUT2D eigenvalue weighted by molar-refractivity contribution is 7.99. The summed E-state index contributed by atoms with van der Waals surface area (Å²) in [5.74, 6) is 1.99. The Hall–Kier alpha value is -1.04. The van der Waals surface area contributed by atoms with Gasteiger partial charge in [0.15, 0.2) is 0 Å². The number of hydrogen-bond donors (Lipinski definition) is 1. The normalized spacial score (nSPS) is 25.9. The Kier molecular flexibility index (Phi) is 4.01. The second-order valence-corrected chi connectivity index (χ2v) is 6.62. The SMILES string of the molecule is CN(C)C1CCN(C(=O)C2CSCN2)c2ccccc21. The van der Waals surface area contributed by atoms with Gasteiger partial charge in [0.25, 0.3) is 0 Å². The molecule has 108 valence electrons. The first kappa shape index (κ1) is 13.9. The standard InChI is InChI=1S/C15H21N3OS/c1-17(2)13-7-8-18(14-6-4-3-5-11(13)14)15(19)12-9-20-10-16-12/h3-6,12-13,16H,7-10H2,1-2H3. The van der Waals surface area contributed by atoms with E-state index in [2.05, 4.69) is 42.5 Å². The minimum atomic E-state index is -0.0241. The summed E-state index contributed by atoms with van der Waals surface area (Å²) in [6.07, 6.45) is 0.996. The molecule has 0 bridgehead atoms. The number of para-hydroxylation sites is 1. The number of nitrogens with one attached hydrogen (secondary N) is 1. The van der Waals surface area contributed by atoms with Gasteiger partial charge in [0.05, 0.1) is 6.04 Å². The predicted molar refractivity (Wildman–Crippen MR) is 84.1 cm³/mol. The van der Waals surface area contributed by atoms with Gasteiger partial charge in [-0.25, -0.2) is 0 Å². The van der Waals surface area contributed by atoms with E-state index >= 15 is 0 Å². The van der Waals surface area contributed by atoms with Crippen molar-refractivity contribution in [3.63, 3.8) is 0 Å². The van der Waals surface area contributed by atoms with Crippen LogP contribution in [0.5, 0.6) is 0 Å². The van der Waals surface area contributed by atoms with Crippen LogP contribution in [0, 0.1) is 0 Å². The van der Waals surface area contributed by atoms with E-state index in [1.165, 1.54) is 5.56 Å². The number of carbonyl (C=O) groups is 1. The van der Waals surface area contributed by atoms with E-state index in [4.69, 9.17) is 0 Å². The minimum Gasteiger partial charge on any atom is -0.311 e. The highest BCUT2D eigenvalue weighted by Crippen LogP contribution is 2.36. The molecule has 2 unspecified atom stereocenters. The fourth-order valence-corrected chi connectivity index (χ4v) is 3.98. The lowest BCUT2D eigenvalue weighted by Crippen LogP contribution is -2.48. The molecule has 1 N–H and O–H groups in total. The van der Waals surface area contributed by atoms with Crippen molar-refractivity contribution in [2.75, 3.05) is 37.2 Å². The summed E-state index contributed by atoms with van der Waals surface area (Å²) in [7, 11) is 4.21. The third-order valence-electron chi connectivity index (χ3n) is 4.12. The van der Waals surface area contributed by atoms with Crippen LogP contribution in [0.15, 0.2) is 24.3 Å². The lowest BCUT2D eigenvalue weighted by molar-refractivity contribution is -0.120. The number of fused-ring (bicyclic) bond motifs is 1. The summed E-state index contributed by atoms with van der Waals surface area (Å²) >= 11 is 1.79. The van der Waals surface area contributed by atoms with Gasteiger partial charge in [-0.15, -0.1) is 11.8 Å². The number of nitrogens with zero attached hydrogens (tertiary/aromatic N) is 2. The maximum Gasteiger partial charge on any atom is 0.245 e. The van der Waals surface area contributed by atoms with Crippen LogP contribution in [-0.4, -0.2) is 49.1 Å². The monoisotopic (exact) mass is 291 g/mol. The third-order valence-corrected chi connectivity index (χ3v) is 5.06. The van der Waals surface area contributed by atoms with E-state index < -0.39 is 0 Å². The predicted octanol–water partition coefficient (Wildman–Crippen LogP) is 1.69. The molecular formula is C15H21N3OS. The second-order valence-electron chi connectivity index (χ2n) is 5.59. The van der Waals surface area contributed by atoms with Crippen molar-refractivity contribution in [2.24, 2.45) is 0 Å². The van der Waals surface area contributed by atoms with Crippen molar-refractivity contribution < 1.29 is 4.79 Å². The average molecular weight is 291 g/mol. The van der Waals surface area contributed by atoms with E-state index in [0.29, 0.717) is 6.04 Å². The van der Waals surface area contributed by atoms with Crippen LogP contribution in [0.4, 0.5) is 5.69 Å². The molecule has 2 heterocycles. The molecule has 1 aromatic carbocycles. The van der Waals surface area contributed by atoms with Gasteiger partial charge in [0.1, 0.15) is 0 Å². The molecule has 1 saturated heterocycles. The van der Waals surface area contributed by atoms with E-state index in [-0.39, 0.29) is 11.9 Å². The zero-order valence-corrected chi connectivity index (χ0v) is 12.8. The van der Waals surface area contributed by atoms with Crippen LogP contribution in [0.1, 0.15) is 18.0 Å². The molecule has 2 atom stereocenters. The Morgan fingerprint density at radius 3 is 2.90 bits per heavy atom. The number of carbonyl (C=O) groups excluding carboxylic acids is 1. The molecule has 0 aliphatic carbocycles. The molecule has 1 aromatic rings.